The Morgan fingerprint density at radius 1 is 1.22 bits per heavy atom. The lowest BCUT2D eigenvalue weighted by molar-refractivity contribution is -0.119. The van der Waals surface area contributed by atoms with Crippen LogP contribution in [0.15, 0.2) is 53.5 Å². The van der Waals surface area contributed by atoms with Crippen molar-refractivity contribution in [3.8, 4) is 5.75 Å². The number of amides is 1. The van der Waals surface area contributed by atoms with Crippen LogP contribution in [0.5, 0.6) is 5.75 Å². The van der Waals surface area contributed by atoms with Crippen LogP contribution in [0.25, 0.3) is 0 Å². The topological polar surface area (TPSA) is 80.0 Å². The van der Waals surface area contributed by atoms with Crippen LogP contribution in [-0.4, -0.2) is 38.1 Å². The molecule has 0 saturated heterocycles. The molecule has 1 heterocycles. The van der Waals surface area contributed by atoms with Crippen molar-refractivity contribution < 1.29 is 9.53 Å². The third-order valence-electron chi connectivity index (χ3n) is 4.44. The molecule has 2 aromatic rings. The van der Waals surface area contributed by atoms with Crippen LogP contribution >= 0.6 is 0 Å². The number of fused-ring (bicyclic) bond motifs is 1. The summed E-state index contributed by atoms with van der Waals surface area (Å²) in [5, 5.41) is 3.40. The molecule has 1 aliphatic heterocycles. The first-order valence-corrected chi connectivity index (χ1v) is 9.31. The zero-order valence-corrected chi connectivity index (χ0v) is 15.6. The van der Waals surface area contributed by atoms with Crippen molar-refractivity contribution in [1.82, 2.24) is 5.32 Å². The van der Waals surface area contributed by atoms with Crippen molar-refractivity contribution in [2.75, 3.05) is 31.1 Å². The summed E-state index contributed by atoms with van der Waals surface area (Å²) in [5.41, 5.74) is 8.86. The monoisotopic (exact) mass is 366 g/mol. The van der Waals surface area contributed by atoms with Crippen LogP contribution in [0.1, 0.15) is 18.1 Å². The highest BCUT2D eigenvalue weighted by atomic mass is 16.5. The van der Waals surface area contributed by atoms with Gasteiger partial charge in [-0.3, -0.25) is 9.79 Å². The van der Waals surface area contributed by atoms with Gasteiger partial charge in [-0.2, -0.15) is 0 Å². The maximum absolute atomic E-state index is 10.8. The Kier molecular flexibility index (Phi) is 6.30. The van der Waals surface area contributed by atoms with Crippen LogP contribution < -0.4 is 20.7 Å². The van der Waals surface area contributed by atoms with Gasteiger partial charge in [0.15, 0.2) is 12.6 Å². The fourth-order valence-electron chi connectivity index (χ4n) is 3.15. The highest BCUT2D eigenvalue weighted by Crippen LogP contribution is 2.27. The summed E-state index contributed by atoms with van der Waals surface area (Å²) in [6, 6.07) is 16.2. The van der Waals surface area contributed by atoms with E-state index in [9.17, 15) is 4.79 Å². The summed E-state index contributed by atoms with van der Waals surface area (Å²) in [6.45, 7) is 4.47. The summed E-state index contributed by atoms with van der Waals surface area (Å²) in [7, 11) is 0. The van der Waals surface area contributed by atoms with E-state index in [0.29, 0.717) is 12.3 Å². The van der Waals surface area contributed by atoms with E-state index in [1.165, 1.54) is 16.8 Å². The third-order valence-corrected chi connectivity index (χ3v) is 4.44. The van der Waals surface area contributed by atoms with Crippen molar-refractivity contribution in [1.29, 1.82) is 0 Å². The third kappa shape index (κ3) is 5.00. The second-order valence-corrected chi connectivity index (χ2v) is 6.41. The van der Waals surface area contributed by atoms with Gasteiger partial charge in [-0.15, -0.1) is 0 Å². The van der Waals surface area contributed by atoms with Gasteiger partial charge in [-0.05, 0) is 49.1 Å². The molecule has 0 saturated carbocycles. The molecule has 0 spiro atoms. The molecule has 0 aromatic heterocycles. The van der Waals surface area contributed by atoms with E-state index in [2.05, 4.69) is 41.4 Å². The lowest BCUT2D eigenvalue weighted by atomic mass is 10.1. The number of carbonyl (C=O) groups excluding carboxylic acids is 1. The van der Waals surface area contributed by atoms with Gasteiger partial charge in [0, 0.05) is 25.3 Å². The number of carbonyl (C=O) groups is 1. The highest BCUT2D eigenvalue weighted by Gasteiger charge is 2.22. The maximum atomic E-state index is 10.8. The zero-order chi connectivity index (χ0) is 19.1. The van der Waals surface area contributed by atoms with Crippen molar-refractivity contribution in [2.24, 2.45) is 10.7 Å². The Hall–Kier alpha value is -3.02. The second kappa shape index (κ2) is 9.07. The number of nitrogens with zero attached hydrogens (tertiary/aromatic N) is 2. The Morgan fingerprint density at radius 2 is 2.00 bits per heavy atom. The van der Waals surface area contributed by atoms with Gasteiger partial charge in [0.2, 0.25) is 0 Å². The van der Waals surface area contributed by atoms with Gasteiger partial charge < -0.3 is 20.7 Å². The van der Waals surface area contributed by atoms with Crippen LogP contribution in [0.3, 0.4) is 0 Å². The molecule has 0 bridgehead atoms. The second-order valence-electron chi connectivity index (χ2n) is 6.41. The molecule has 1 aliphatic rings. The van der Waals surface area contributed by atoms with Gasteiger partial charge in [0.05, 0.1) is 0 Å². The molecule has 0 unspecified atom stereocenters. The SMILES string of the molecule is CCNC(=NCCc1ccc(OCC(N)=O)cc1)N1CCc2ccccc21. The highest BCUT2D eigenvalue weighted by molar-refractivity contribution is 5.97. The zero-order valence-electron chi connectivity index (χ0n) is 15.6. The van der Waals surface area contributed by atoms with E-state index in [4.69, 9.17) is 15.5 Å². The number of hydrogen-bond donors (Lipinski definition) is 2. The van der Waals surface area contributed by atoms with E-state index in [-0.39, 0.29) is 6.61 Å². The molecule has 1 amide bonds. The summed E-state index contributed by atoms with van der Waals surface area (Å²) < 4.78 is 5.28. The molecule has 2 aromatic carbocycles. The smallest absolute Gasteiger partial charge is 0.255 e. The summed E-state index contributed by atoms with van der Waals surface area (Å²) in [6.07, 6.45) is 1.88. The number of para-hydroxylation sites is 1. The number of aliphatic imine (C=N–C) groups is 1. The van der Waals surface area contributed by atoms with E-state index < -0.39 is 5.91 Å². The van der Waals surface area contributed by atoms with Crippen LogP contribution in [0, 0.1) is 0 Å². The van der Waals surface area contributed by atoms with Crippen molar-refractivity contribution in [3.63, 3.8) is 0 Å². The molecule has 142 valence electrons. The fourth-order valence-corrected chi connectivity index (χ4v) is 3.15. The Balaban J connectivity index is 1.60. The minimum atomic E-state index is -0.479. The average molecular weight is 366 g/mol. The van der Waals surface area contributed by atoms with Crippen LogP contribution in [0.4, 0.5) is 5.69 Å². The number of ether oxygens (including phenoxy) is 1. The number of benzene rings is 2. The summed E-state index contributed by atoms with van der Waals surface area (Å²) >= 11 is 0. The van der Waals surface area contributed by atoms with Crippen molar-refractivity contribution in [2.45, 2.75) is 19.8 Å². The lowest BCUT2D eigenvalue weighted by Gasteiger charge is -2.22. The summed E-state index contributed by atoms with van der Waals surface area (Å²) in [5.74, 6) is 1.10. The molecule has 3 rings (SSSR count). The largest absolute Gasteiger partial charge is 0.484 e. The Labute approximate surface area is 160 Å². The Morgan fingerprint density at radius 3 is 2.74 bits per heavy atom. The van der Waals surface area contributed by atoms with Crippen LogP contribution in [-0.2, 0) is 17.6 Å². The van der Waals surface area contributed by atoms with Crippen LogP contribution in [0.2, 0.25) is 0 Å². The van der Waals surface area contributed by atoms with Gasteiger partial charge >= 0.3 is 0 Å². The van der Waals surface area contributed by atoms with Gasteiger partial charge in [-0.1, -0.05) is 30.3 Å². The first kappa shape index (κ1) is 18.8. The molecule has 27 heavy (non-hydrogen) atoms. The number of hydrogen-bond acceptors (Lipinski definition) is 3. The minimum Gasteiger partial charge on any atom is -0.484 e. The van der Waals surface area contributed by atoms with Crippen molar-refractivity contribution >= 4 is 17.6 Å². The van der Waals surface area contributed by atoms with Gasteiger partial charge in [0.1, 0.15) is 5.75 Å². The first-order chi connectivity index (χ1) is 13.2. The Bertz CT molecular complexity index is 802. The number of anilines is 1. The molecule has 0 fully saturated rings. The van der Waals surface area contributed by atoms with E-state index >= 15 is 0 Å². The number of nitrogens with one attached hydrogen (secondary N) is 1. The van der Waals surface area contributed by atoms with E-state index in [0.717, 1.165) is 31.9 Å². The fraction of sp³-hybridized carbons (Fsp3) is 0.333. The normalized spacial score (nSPS) is 13.4. The average Bonchev–Trinajstić information content (AvgIpc) is 3.11. The predicted octanol–water partition coefficient (Wildman–Crippen LogP) is 2.12. The number of rotatable bonds is 7. The van der Waals surface area contributed by atoms with E-state index in [1.54, 1.807) is 0 Å². The summed E-state index contributed by atoms with van der Waals surface area (Å²) in [4.78, 5) is 17.8. The number of guanidine groups is 1. The maximum Gasteiger partial charge on any atom is 0.255 e. The lowest BCUT2D eigenvalue weighted by Crippen LogP contribution is -2.40. The molecule has 6 heteroatoms. The van der Waals surface area contributed by atoms with Crippen molar-refractivity contribution in [3.05, 3.63) is 59.7 Å². The number of primary amides is 1. The number of nitrogens with two attached hydrogens (primary N) is 1. The molecule has 0 aliphatic carbocycles. The molecule has 6 nitrogen and oxygen atoms in total. The molecule has 0 radical (unpaired) electrons. The predicted molar refractivity (Wildman–Crippen MR) is 108 cm³/mol. The van der Waals surface area contributed by atoms with Gasteiger partial charge in [0.25, 0.3) is 5.91 Å². The minimum absolute atomic E-state index is 0.104. The molecule has 3 N–H and O–H groups in total. The van der Waals surface area contributed by atoms with E-state index in [1.807, 2.05) is 24.3 Å². The molecule has 0 atom stereocenters. The molecular formula is C21H26N4O2. The first-order valence-electron chi connectivity index (χ1n) is 9.31. The molecular weight excluding hydrogens is 340 g/mol. The van der Waals surface area contributed by atoms with Gasteiger partial charge in [-0.25, -0.2) is 0 Å². The quantitative estimate of drug-likeness (QED) is 0.581. The standard InChI is InChI=1S/C21H26N4O2/c1-2-23-21(25-14-12-17-5-3-4-6-19(17)25)24-13-11-16-7-9-18(10-8-16)27-15-20(22)26/h3-10H,2,11-15H2,1H3,(H2,22,26)(H,23,24).